The predicted octanol–water partition coefficient (Wildman–Crippen LogP) is 0.766. The Bertz CT molecular complexity index is 1510. The molecule has 0 aliphatic rings. The molecule has 1 aromatic carbocycles. The van der Waals surface area contributed by atoms with Crippen LogP contribution in [0.15, 0.2) is 36.5 Å². The first-order valence-electron chi connectivity index (χ1n) is 15.8. The van der Waals surface area contributed by atoms with Crippen LogP contribution in [0.4, 0.5) is 5.69 Å². The highest BCUT2D eigenvalue weighted by Gasteiger charge is 2.40. The molecule has 3 atom stereocenters. The molecule has 2 unspecified atom stereocenters. The summed E-state index contributed by atoms with van der Waals surface area (Å²) in [6, 6.07) is 2.63. The summed E-state index contributed by atoms with van der Waals surface area (Å²) in [6.07, 6.45) is -0.170. The Morgan fingerprint density at radius 1 is 0.840 bits per heavy atom. The number of carbonyl (C=O) groups excluding carboxylic acids is 4. The van der Waals surface area contributed by atoms with Crippen LogP contribution in [-0.4, -0.2) is 89.2 Å². The minimum Gasteiger partial charge on any atom is -0.481 e. The molecule has 11 N–H and O–H groups in total. The van der Waals surface area contributed by atoms with Crippen molar-refractivity contribution in [2.75, 3.05) is 18.0 Å². The highest BCUT2D eigenvalue weighted by atomic mass is 32.2. The number of benzene rings is 1. The van der Waals surface area contributed by atoms with Gasteiger partial charge in [0.25, 0.3) is 16.0 Å². The van der Waals surface area contributed by atoms with Crippen LogP contribution in [0.1, 0.15) is 83.0 Å². The normalized spacial score (nSPS) is 13.6. The zero-order valence-corrected chi connectivity index (χ0v) is 29.6. The maximum absolute atomic E-state index is 13.2. The number of carbonyl (C=O) groups is 6. The summed E-state index contributed by atoms with van der Waals surface area (Å²) < 4.78 is 32.2. The Morgan fingerprint density at radius 3 is 1.96 bits per heavy atom. The maximum Gasteiger partial charge on any atom is 0.326 e. The van der Waals surface area contributed by atoms with Gasteiger partial charge in [-0.2, -0.15) is 8.42 Å². The monoisotopic (exact) mass is 726 g/mol. The van der Waals surface area contributed by atoms with Gasteiger partial charge in [0.2, 0.25) is 17.7 Å². The van der Waals surface area contributed by atoms with E-state index in [0.717, 1.165) is 0 Å². The number of rotatable bonds is 23. The molecule has 18 heteroatoms. The molecule has 0 saturated carbocycles. The quantitative estimate of drug-likeness (QED) is 0.0428. The van der Waals surface area contributed by atoms with Crippen LogP contribution < -0.4 is 32.7 Å². The van der Waals surface area contributed by atoms with Crippen molar-refractivity contribution in [3.05, 3.63) is 42.1 Å². The lowest BCUT2D eigenvalue weighted by atomic mass is 9.74. The molecule has 0 bridgehead atoms. The number of aliphatic carboxylic acids is 2. The summed E-state index contributed by atoms with van der Waals surface area (Å²) in [5.74, 6) is -5.83. The van der Waals surface area contributed by atoms with Gasteiger partial charge in [-0.25, -0.2) is 4.79 Å². The number of carboxylic acids is 2. The van der Waals surface area contributed by atoms with Crippen molar-refractivity contribution in [2.45, 2.75) is 90.8 Å². The largest absolute Gasteiger partial charge is 0.481 e. The first kappa shape index (κ1) is 43.3. The second-order valence-electron chi connectivity index (χ2n) is 13.3. The molecule has 0 aliphatic carbocycles. The molecule has 50 heavy (non-hydrogen) atoms. The van der Waals surface area contributed by atoms with Crippen molar-refractivity contribution in [2.24, 2.45) is 16.6 Å². The third kappa shape index (κ3) is 15.7. The molecule has 4 amide bonds. The Balaban J connectivity index is 2.80. The highest BCUT2D eigenvalue weighted by molar-refractivity contribution is 7.85. The van der Waals surface area contributed by atoms with Crippen LogP contribution in [0.5, 0.6) is 0 Å². The van der Waals surface area contributed by atoms with Crippen molar-refractivity contribution in [3.63, 3.8) is 0 Å². The third-order valence-electron chi connectivity index (χ3n) is 7.84. The third-order valence-corrected chi connectivity index (χ3v) is 8.59. The lowest BCUT2D eigenvalue weighted by molar-refractivity contribution is -0.150. The molecule has 17 nitrogen and oxygen atoms in total. The number of hydrogen-bond acceptors (Lipinski definition) is 10. The van der Waals surface area contributed by atoms with Crippen molar-refractivity contribution in [3.8, 4) is 0 Å². The summed E-state index contributed by atoms with van der Waals surface area (Å²) in [5.41, 5.74) is 9.30. The fourth-order valence-corrected chi connectivity index (χ4v) is 5.57. The molecule has 0 aromatic heterocycles. The molecule has 0 spiro atoms. The van der Waals surface area contributed by atoms with Crippen molar-refractivity contribution in [1.29, 1.82) is 0 Å². The van der Waals surface area contributed by atoms with E-state index >= 15 is 0 Å². The SMILES string of the molecule is C=C(NC(CCC(=O)N[C@@H](CCCCNC(=O)c1ccc(N)cc1)C(N)=O)C(=O)O)C(CCS(=O)(=O)O)NC(=O)C(C)(C)CC(C)(C)C(=O)O. The summed E-state index contributed by atoms with van der Waals surface area (Å²) >= 11 is 0. The molecular formula is C32H50N6O11S. The zero-order chi connectivity index (χ0) is 38.4. The summed E-state index contributed by atoms with van der Waals surface area (Å²) in [6.45, 7) is 9.89. The number of unbranched alkanes of at least 4 members (excludes halogenated alkanes) is 1. The van der Waals surface area contributed by atoms with Gasteiger partial charge in [-0.1, -0.05) is 20.4 Å². The van der Waals surface area contributed by atoms with Gasteiger partial charge < -0.3 is 42.9 Å². The minimum atomic E-state index is -4.50. The zero-order valence-electron chi connectivity index (χ0n) is 28.8. The average molecular weight is 727 g/mol. The van der Waals surface area contributed by atoms with E-state index < -0.39 is 80.9 Å². The Hall–Kier alpha value is -4.71. The van der Waals surface area contributed by atoms with E-state index in [1.807, 2.05) is 0 Å². The van der Waals surface area contributed by atoms with Crippen molar-refractivity contribution < 1.29 is 52.0 Å². The minimum absolute atomic E-state index is 0.105. The number of nitrogen functional groups attached to an aromatic ring is 1. The van der Waals surface area contributed by atoms with Crippen molar-refractivity contribution >= 4 is 51.4 Å². The average Bonchev–Trinajstić information content (AvgIpc) is 2.99. The number of carboxylic acid groups (broad SMARTS) is 2. The topological polar surface area (TPSA) is 297 Å². The highest BCUT2D eigenvalue weighted by Crippen LogP contribution is 2.34. The van der Waals surface area contributed by atoms with Crippen LogP contribution in [0, 0.1) is 10.8 Å². The summed E-state index contributed by atoms with van der Waals surface area (Å²) in [7, 11) is -4.50. The van der Waals surface area contributed by atoms with E-state index in [4.69, 9.17) is 11.5 Å². The molecule has 280 valence electrons. The fourth-order valence-electron chi connectivity index (χ4n) is 5.04. The van der Waals surface area contributed by atoms with E-state index in [9.17, 15) is 52.0 Å². The summed E-state index contributed by atoms with van der Waals surface area (Å²) in [4.78, 5) is 73.7. The molecule has 0 fully saturated rings. The molecule has 0 saturated heterocycles. The van der Waals surface area contributed by atoms with Gasteiger partial charge >= 0.3 is 11.9 Å². The Morgan fingerprint density at radius 2 is 1.44 bits per heavy atom. The van der Waals surface area contributed by atoms with Gasteiger partial charge in [0.1, 0.15) is 12.1 Å². The second-order valence-corrected chi connectivity index (χ2v) is 14.9. The molecular weight excluding hydrogens is 676 g/mol. The van der Waals surface area contributed by atoms with Gasteiger partial charge in [-0.05, 0) is 76.6 Å². The van der Waals surface area contributed by atoms with Crippen molar-refractivity contribution in [1.82, 2.24) is 21.3 Å². The second kappa shape index (κ2) is 18.9. The van der Waals surface area contributed by atoms with E-state index in [-0.39, 0.29) is 37.3 Å². The lowest BCUT2D eigenvalue weighted by Gasteiger charge is -2.33. The number of nitrogens with one attached hydrogen (secondary N) is 4. The molecule has 0 radical (unpaired) electrons. The van der Waals surface area contributed by atoms with Crippen LogP contribution >= 0.6 is 0 Å². The van der Waals surface area contributed by atoms with Gasteiger partial charge in [0.15, 0.2) is 0 Å². The fraction of sp³-hybridized carbons (Fsp3) is 0.562. The number of anilines is 1. The first-order chi connectivity index (χ1) is 22.9. The lowest BCUT2D eigenvalue weighted by Crippen LogP contribution is -2.50. The first-order valence-corrected chi connectivity index (χ1v) is 17.5. The van der Waals surface area contributed by atoms with E-state index in [1.165, 1.54) is 27.7 Å². The van der Waals surface area contributed by atoms with E-state index in [2.05, 4.69) is 27.8 Å². The van der Waals surface area contributed by atoms with E-state index in [1.54, 1.807) is 24.3 Å². The number of nitrogens with two attached hydrogens (primary N) is 2. The Labute approximate surface area is 291 Å². The van der Waals surface area contributed by atoms with Crippen LogP contribution in [0.2, 0.25) is 0 Å². The van der Waals surface area contributed by atoms with Crippen LogP contribution in [0.3, 0.4) is 0 Å². The predicted molar refractivity (Wildman–Crippen MR) is 184 cm³/mol. The maximum atomic E-state index is 13.2. The van der Waals surface area contributed by atoms with Gasteiger partial charge in [-0.3, -0.25) is 28.5 Å². The molecule has 0 heterocycles. The smallest absolute Gasteiger partial charge is 0.326 e. The van der Waals surface area contributed by atoms with Gasteiger partial charge in [-0.15, -0.1) is 0 Å². The standard InChI is InChI=1S/C32H50N6O11S/c1-19(22(15-17-50(47,48)49)38-29(44)31(2,3)18-32(4,5)30(45)46)36-24(28(42)43)13-14-25(39)37-23(26(34)40)8-6-7-16-35-27(41)20-9-11-21(33)12-10-20/h9-12,22-24,36H,1,6-8,13-18,33H2,2-5H3,(H2,34,40)(H,35,41)(H,37,39)(H,38,44)(H,42,43)(H,45,46)(H,47,48,49)/t22?,23-,24?/m0/s1. The van der Waals surface area contributed by atoms with Gasteiger partial charge in [0.05, 0.1) is 17.2 Å². The van der Waals surface area contributed by atoms with Crippen LogP contribution in [-0.2, 0) is 34.1 Å². The van der Waals surface area contributed by atoms with Gasteiger partial charge in [0, 0.05) is 35.3 Å². The Kier molecular flexibility index (Phi) is 16.4. The number of amides is 4. The number of hydrogen-bond donors (Lipinski definition) is 9. The van der Waals surface area contributed by atoms with E-state index in [0.29, 0.717) is 30.6 Å². The molecule has 0 aliphatic heterocycles. The van der Waals surface area contributed by atoms with Crippen LogP contribution in [0.25, 0.3) is 0 Å². The number of primary amides is 1. The summed E-state index contributed by atoms with van der Waals surface area (Å²) in [5, 5.41) is 29.7. The molecule has 1 rings (SSSR count). The molecule has 1 aromatic rings.